The van der Waals surface area contributed by atoms with Crippen LogP contribution in [0.25, 0.3) is 6.08 Å². The first-order valence-electron chi connectivity index (χ1n) is 9.50. The van der Waals surface area contributed by atoms with E-state index in [1.165, 1.54) is 28.8 Å². The first kappa shape index (κ1) is 22.6. The molecule has 1 heterocycles. The summed E-state index contributed by atoms with van der Waals surface area (Å²) in [5, 5.41) is 0. The highest BCUT2D eigenvalue weighted by Crippen LogP contribution is 2.32. The number of carbonyl (C=O) groups excluding carboxylic acids is 3. The molecule has 2 aromatic carbocycles. The Morgan fingerprint density at radius 2 is 1.77 bits per heavy atom. The molecular weight excluding hydrogens is 437 g/mol. The third kappa shape index (κ3) is 6.22. The topological polar surface area (TPSA) is 78.5 Å². The fourth-order valence-corrected chi connectivity index (χ4v) is 4.08. The van der Waals surface area contributed by atoms with Crippen LogP contribution < -0.4 is 10.9 Å². The fraction of sp³-hybridized carbons (Fsp3) is 0.182. The van der Waals surface area contributed by atoms with Crippen LogP contribution in [0, 0.1) is 12.7 Å². The third-order valence-corrected chi connectivity index (χ3v) is 5.83. The highest BCUT2D eigenvalue weighted by atomic mass is 32.2. The lowest BCUT2D eigenvalue weighted by molar-refractivity contribution is -0.124. The number of nitrogens with one attached hydrogen (secondary N) is 2. The molecule has 0 bridgehead atoms. The zero-order valence-corrected chi connectivity index (χ0v) is 18.3. The largest absolute Gasteiger partial charge is 0.293 e. The van der Waals surface area contributed by atoms with Crippen LogP contribution in [0.5, 0.6) is 0 Å². The second kappa shape index (κ2) is 10.3. The van der Waals surface area contributed by atoms with Gasteiger partial charge in [-0.15, -0.1) is 0 Å². The van der Waals surface area contributed by atoms with Gasteiger partial charge in [0.25, 0.3) is 11.8 Å². The Balaban J connectivity index is 1.45. The average molecular weight is 458 g/mol. The third-order valence-electron chi connectivity index (χ3n) is 4.46. The second-order valence-corrected chi connectivity index (χ2v) is 8.53. The van der Waals surface area contributed by atoms with Crippen molar-refractivity contribution in [3.63, 3.8) is 0 Å². The van der Waals surface area contributed by atoms with Crippen LogP contribution in [-0.4, -0.2) is 33.5 Å². The zero-order chi connectivity index (χ0) is 22.4. The van der Waals surface area contributed by atoms with E-state index in [1.807, 2.05) is 31.2 Å². The number of nitrogens with zero attached hydrogens (tertiary/aromatic N) is 1. The van der Waals surface area contributed by atoms with E-state index in [1.54, 1.807) is 6.08 Å². The predicted molar refractivity (Wildman–Crippen MR) is 122 cm³/mol. The Labute approximate surface area is 188 Å². The molecule has 2 aromatic rings. The molecular formula is C22H20FN3O3S2. The summed E-state index contributed by atoms with van der Waals surface area (Å²) in [4.78, 5) is 38.5. The van der Waals surface area contributed by atoms with E-state index in [-0.39, 0.29) is 17.9 Å². The van der Waals surface area contributed by atoms with Gasteiger partial charge in [0.1, 0.15) is 10.1 Å². The zero-order valence-electron chi connectivity index (χ0n) is 16.7. The highest BCUT2D eigenvalue weighted by molar-refractivity contribution is 8.26. The van der Waals surface area contributed by atoms with E-state index in [0.29, 0.717) is 22.2 Å². The molecule has 3 rings (SSSR count). The molecule has 0 aliphatic carbocycles. The lowest BCUT2D eigenvalue weighted by atomic mass is 10.1. The van der Waals surface area contributed by atoms with Gasteiger partial charge in [-0.2, -0.15) is 0 Å². The van der Waals surface area contributed by atoms with Crippen molar-refractivity contribution in [2.75, 3.05) is 6.54 Å². The number of hydrogen-bond acceptors (Lipinski definition) is 5. The molecule has 1 fully saturated rings. The molecule has 2 N–H and O–H groups in total. The molecule has 1 aliphatic rings. The number of thiocarbonyl (C=S) groups is 1. The second-order valence-electron chi connectivity index (χ2n) is 6.86. The van der Waals surface area contributed by atoms with Gasteiger partial charge in [0.05, 0.1) is 4.91 Å². The van der Waals surface area contributed by atoms with E-state index in [2.05, 4.69) is 10.9 Å². The summed E-state index contributed by atoms with van der Waals surface area (Å²) >= 11 is 6.54. The lowest BCUT2D eigenvalue weighted by Crippen LogP contribution is -2.41. The van der Waals surface area contributed by atoms with Crippen LogP contribution in [0.1, 0.15) is 34.3 Å². The summed E-state index contributed by atoms with van der Waals surface area (Å²) in [6, 6.07) is 12.8. The van der Waals surface area contributed by atoms with E-state index in [9.17, 15) is 18.8 Å². The van der Waals surface area contributed by atoms with Crippen molar-refractivity contribution in [2.45, 2.75) is 19.8 Å². The molecule has 6 nitrogen and oxygen atoms in total. The van der Waals surface area contributed by atoms with Crippen LogP contribution in [0.4, 0.5) is 4.39 Å². The number of thioether (sulfide) groups is 1. The number of amides is 3. The lowest BCUT2D eigenvalue weighted by Gasteiger charge is -2.14. The molecule has 0 atom stereocenters. The van der Waals surface area contributed by atoms with Gasteiger partial charge in [-0.05, 0) is 49.2 Å². The van der Waals surface area contributed by atoms with Crippen LogP contribution >= 0.6 is 24.0 Å². The van der Waals surface area contributed by atoms with Crippen LogP contribution in [0.3, 0.4) is 0 Å². The molecule has 31 heavy (non-hydrogen) atoms. The van der Waals surface area contributed by atoms with Crippen molar-refractivity contribution in [2.24, 2.45) is 0 Å². The van der Waals surface area contributed by atoms with Crippen molar-refractivity contribution >= 4 is 52.1 Å². The Bertz CT molecular complexity index is 1040. The van der Waals surface area contributed by atoms with Gasteiger partial charge in [0.15, 0.2) is 0 Å². The molecule has 1 saturated heterocycles. The molecule has 160 valence electrons. The van der Waals surface area contributed by atoms with Crippen molar-refractivity contribution in [3.8, 4) is 0 Å². The van der Waals surface area contributed by atoms with E-state index < -0.39 is 17.6 Å². The van der Waals surface area contributed by atoms with Crippen LogP contribution in [0.15, 0.2) is 53.4 Å². The average Bonchev–Trinajstić information content (AvgIpc) is 3.01. The molecule has 3 amide bonds. The monoisotopic (exact) mass is 457 g/mol. The number of hydrogen-bond donors (Lipinski definition) is 2. The number of benzene rings is 2. The molecule has 1 aliphatic heterocycles. The molecule has 0 aromatic heterocycles. The van der Waals surface area contributed by atoms with Gasteiger partial charge < -0.3 is 0 Å². The Kier molecular flexibility index (Phi) is 7.54. The summed E-state index contributed by atoms with van der Waals surface area (Å²) in [5.41, 5.74) is 6.85. The number of aryl methyl sites for hydroxylation is 1. The van der Waals surface area contributed by atoms with Crippen molar-refractivity contribution in [1.82, 2.24) is 15.8 Å². The number of halogens is 1. The first-order chi connectivity index (χ1) is 14.8. The molecule has 0 spiro atoms. The standard InChI is InChI=1S/C22H20FN3O3S2/c1-14-4-6-15(7-5-14)13-18-21(29)26(22(30)31-18)12-2-3-19(27)24-25-20(28)16-8-10-17(23)11-9-16/h4-11,13H,2-3,12H2,1H3,(H,24,27)(H,25,28)/b18-13-. The summed E-state index contributed by atoms with van der Waals surface area (Å²) in [6.07, 6.45) is 2.27. The SMILES string of the molecule is Cc1ccc(/C=C2\SC(=S)N(CCCC(=O)NNC(=O)c3ccc(F)cc3)C2=O)cc1. The fourth-order valence-electron chi connectivity index (χ4n) is 2.77. The minimum atomic E-state index is -0.550. The van der Waals surface area contributed by atoms with Crippen molar-refractivity contribution in [1.29, 1.82) is 0 Å². The normalized spacial score (nSPS) is 14.8. The quantitative estimate of drug-likeness (QED) is 0.394. The smallest absolute Gasteiger partial charge is 0.269 e. The van der Waals surface area contributed by atoms with Gasteiger partial charge in [-0.1, -0.05) is 53.8 Å². The Morgan fingerprint density at radius 3 is 2.45 bits per heavy atom. The van der Waals surface area contributed by atoms with Crippen molar-refractivity contribution in [3.05, 3.63) is 75.9 Å². The predicted octanol–water partition coefficient (Wildman–Crippen LogP) is 3.58. The maximum Gasteiger partial charge on any atom is 0.269 e. The Morgan fingerprint density at radius 1 is 1.10 bits per heavy atom. The van der Waals surface area contributed by atoms with Crippen LogP contribution in [-0.2, 0) is 9.59 Å². The van der Waals surface area contributed by atoms with Gasteiger partial charge in [-0.25, -0.2) is 4.39 Å². The summed E-state index contributed by atoms with van der Waals surface area (Å²) in [6.45, 7) is 2.29. The number of hydrazine groups is 1. The summed E-state index contributed by atoms with van der Waals surface area (Å²) < 4.78 is 13.3. The molecule has 0 unspecified atom stereocenters. The van der Waals surface area contributed by atoms with Crippen molar-refractivity contribution < 1.29 is 18.8 Å². The maximum atomic E-state index is 12.9. The highest BCUT2D eigenvalue weighted by Gasteiger charge is 2.31. The first-order valence-corrected chi connectivity index (χ1v) is 10.7. The number of rotatable bonds is 6. The van der Waals surface area contributed by atoms with E-state index in [4.69, 9.17) is 12.2 Å². The number of carbonyl (C=O) groups is 3. The minimum absolute atomic E-state index is 0.0950. The minimum Gasteiger partial charge on any atom is -0.293 e. The maximum absolute atomic E-state index is 12.9. The Hall–Kier alpha value is -3.04. The summed E-state index contributed by atoms with van der Waals surface area (Å²) in [7, 11) is 0. The molecule has 0 saturated carbocycles. The van der Waals surface area contributed by atoms with Gasteiger partial charge in [0.2, 0.25) is 5.91 Å². The van der Waals surface area contributed by atoms with E-state index in [0.717, 1.165) is 23.3 Å². The van der Waals surface area contributed by atoms with Gasteiger partial charge in [-0.3, -0.25) is 30.1 Å². The molecule has 0 radical (unpaired) electrons. The van der Waals surface area contributed by atoms with E-state index >= 15 is 0 Å². The van der Waals surface area contributed by atoms with Gasteiger partial charge >= 0.3 is 0 Å². The molecule has 9 heteroatoms. The van der Waals surface area contributed by atoms with Crippen LogP contribution in [0.2, 0.25) is 0 Å². The van der Waals surface area contributed by atoms with Gasteiger partial charge in [0, 0.05) is 18.5 Å². The summed E-state index contributed by atoms with van der Waals surface area (Å²) in [5.74, 6) is -1.59.